The van der Waals surface area contributed by atoms with E-state index >= 15 is 0 Å². The van der Waals surface area contributed by atoms with Gasteiger partial charge >= 0.3 is 0 Å². The van der Waals surface area contributed by atoms with Gasteiger partial charge in [-0.15, -0.1) is 24.0 Å². The largest absolute Gasteiger partial charge is 0.496 e. The van der Waals surface area contributed by atoms with Crippen molar-refractivity contribution in [2.75, 3.05) is 21.3 Å². The van der Waals surface area contributed by atoms with Crippen LogP contribution in [0.5, 0.6) is 11.6 Å². The summed E-state index contributed by atoms with van der Waals surface area (Å²) in [5, 5.41) is 6.48. The van der Waals surface area contributed by atoms with Gasteiger partial charge in [-0.05, 0) is 12.1 Å². The first kappa shape index (κ1) is 20.0. The first-order valence-corrected chi connectivity index (χ1v) is 7.33. The second kappa shape index (κ2) is 10.7. The number of methoxy groups -OCH3 is 2. The maximum Gasteiger partial charge on any atom is 0.213 e. The van der Waals surface area contributed by atoms with Crippen molar-refractivity contribution in [3.05, 3.63) is 53.7 Å². The Morgan fingerprint density at radius 3 is 2.46 bits per heavy atom. The molecule has 0 aliphatic rings. The predicted octanol–water partition coefficient (Wildman–Crippen LogP) is 2.58. The van der Waals surface area contributed by atoms with Gasteiger partial charge in [-0.1, -0.05) is 24.3 Å². The minimum Gasteiger partial charge on any atom is -0.496 e. The van der Waals surface area contributed by atoms with Crippen LogP contribution in [-0.4, -0.2) is 32.2 Å². The molecule has 0 bridgehead atoms. The van der Waals surface area contributed by atoms with Gasteiger partial charge in [0.25, 0.3) is 0 Å². The van der Waals surface area contributed by atoms with Crippen molar-refractivity contribution < 1.29 is 9.47 Å². The smallest absolute Gasteiger partial charge is 0.213 e. The van der Waals surface area contributed by atoms with E-state index in [1.165, 1.54) is 0 Å². The van der Waals surface area contributed by atoms with E-state index in [4.69, 9.17) is 9.47 Å². The number of para-hydroxylation sites is 1. The fourth-order valence-corrected chi connectivity index (χ4v) is 2.09. The average Bonchev–Trinajstić information content (AvgIpc) is 2.62. The molecule has 0 unspecified atom stereocenters. The Kier molecular flexibility index (Phi) is 8.92. The molecule has 1 aromatic carbocycles. The topological polar surface area (TPSA) is 67.8 Å². The Balaban J connectivity index is 0.00000288. The van der Waals surface area contributed by atoms with Crippen LogP contribution in [-0.2, 0) is 13.1 Å². The first-order chi connectivity index (χ1) is 11.3. The maximum absolute atomic E-state index is 5.34. The van der Waals surface area contributed by atoms with Gasteiger partial charge in [-0.3, -0.25) is 4.99 Å². The molecule has 6 nitrogen and oxygen atoms in total. The summed E-state index contributed by atoms with van der Waals surface area (Å²) in [6, 6.07) is 13.5. The monoisotopic (exact) mass is 442 g/mol. The van der Waals surface area contributed by atoms with Gasteiger partial charge in [0, 0.05) is 25.2 Å². The van der Waals surface area contributed by atoms with E-state index in [0.29, 0.717) is 24.9 Å². The Morgan fingerprint density at radius 1 is 1.00 bits per heavy atom. The lowest BCUT2D eigenvalue weighted by atomic mass is 10.2. The highest BCUT2D eigenvalue weighted by Crippen LogP contribution is 2.16. The molecule has 0 aliphatic carbocycles. The van der Waals surface area contributed by atoms with Crippen molar-refractivity contribution in [2.45, 2.75) is 13.1 Å². The molecule has 130 valence electrons. The standard InChI is InChI=1S/C17H22N4O2.HI/c1-18-17(19-11-13-7-4-5-9-15(13)22-2)20-12-14-8-6-10-16(21-14)23-3;/h4-10H,11-12H2,1-3H3,(H2,18,19,20);1H. The summed E-state index contributed by atoms with van der Waals surface area (Å²) in [4.78, 5) is 8.57. The third-order valence-corrected chi connectivity index (χ3v) is 3.29. The van der Waals surface area contributed by atoms with Crippen LogP contribution in [0.4, 0.5) is 0 Å². The highest BCUT2D eigenvalue weighted by molar-refractivity contribution is 14.0. The number of hydrogen-bond donors (Lipinski definition) is 2. The number of nitrogens with one attached hydrogen (secondary N) is 2. The van der Waals surface area contributed by atoms with Crippen molar-refractivity contribution in [3.63, 3.8) is 0 Å². The van der Waals surface area contributed by atoms with Gasteiger partial charge in [0.05, 0.1) is 26.5 Å². The molecule has 0 radical (unpaired) electrons. The van der Waals surface area contributed by atoms with E-state index in [2.05, 4.69) is 20.6 Å². The average molecular weight is 442 g/mol. The Bertz CT molecular complexity index is 665. The molecule has 2 aromatic rings. The molecule has 0 amide bonds. The summed E-state index contributed by atoms with van der Waals surface area (Å²) in [6.07, 6.45) is 0. The first-order valence-electron chi connectivity index (χ1n) is 7.33. The number of rotatable bonds is 6. The van der Waals surface area contributed by atoms with E-state index in [9.17, 15) is 0 Å². The number of ether oxygens (including phenoxy) is 2. The van der Waals surface area contributed by atoms with Gasteiger partial charge in [-0.25, -0.2) is 4.98 Å². The van der Waals surface area contributed by atoms with Crippen molar-refractivity contribution in [1.29, 1.82) is 0 Å². The lowest BCUT2D eigenvalue weighted by Gasteiger charge is -2.13. The number of pyridine rings is 1. The summed E-state index contributed by atoms with van der Waals surface area (Å²) in [6.45, 7) is 1.18. The molecule has 0 fully saturated rings. The normalized spacial score (nSPS) is 10.5. The third-order valence-electron chi connectivity index (χ3n) is 3.29. The molecule has 0 saturated heterocycles. The van der Waals surface area contributed by atoms with Gasteiger partial charge in [0.1, 0.15) is 5.75 Å². The zero-order valence-electron chi connectivity index (χ0n) is 14.1. The van der Waals surface area contributed by atoms with Crippen LogP contribution in [0.2, 0.25) is 0 Å². The second-order valence-electron chi connectivity index (χ2n) is 4.76. The van der Waals surface area contributed by atoms with Crippen LogP contribution in [0.1, 0.15) is 11.3 Å². The number of aliphatic imine (C=N–C) groups is 1. The summed E-state index contributed by atoms with van der Waals surface area (Å²) in [5.74, 6) is 2.15. The summed E-state index contributed by atoms with van der Waals surface area (Å²) >= 11 is 0. The lowest BCUT2D eigenvalue weighted by Crippen LogP contribution is -2.36. The van der Waals surface area contributed by atoms with Crippen LogP contribution in [0, 0.1) is 0 Å². The van der Waals surface area contributed by atoms with Crippen molar-refractivity contribution >= 4 is 29.9 Å². The number of halogens is 1. The lowest BCUT2D eigenvalue weighted by molar-refractivity contribution is 0.396. The SMILES string of the molecule is CN=C(NCc1cccc(OC)n1)NCc1ccccc1OC.I. The Labute approximate surface area is 159 Å². The molecule has 0 atom stereocenters. The van der Waals surface area contributed by atoms with Gasteiger partial charge in [0.2, 0.25) is 5.88 Å². The molecule has 0 spiro atoms. The van der Waals surface area contributed by atoms with E-state index < -0.39 is 0 Å². The van der Waals surface area contributed by atoms with Gasteiger partial charge in [-0.2, -0.15) is 0 Å². The molecule has 2 N–H and O–H groups in total. The Morgan fingerprint density at radius 2 is 1.75 bits per heavy atom. The van der Waals surface area contributed by atoms with E-state index in [-0.39, 0.29) is 24.0 Å². The highest BCUT2D eigenvalue weighted by atomic mass is 127. The quantitative estimate of drug-likeness (QED) is 0.409. The fraction of sp³-hybridized carbons (Fsp3) is 0.294. The van der Waals surface area contributed by atoms with Crippen LogP contribution in [0.3, 0.4) is 0 Å². The van der Waals surface area contributed by atoms with E-state index in [0.717, 1.165) is 17.0 Å². The van der Waals surface area contributed by atoms with E-state index in [1.807, 2.05) is 42.5 Å². The number of benzene rings is 1. The Hall–Kier alpha value is -2.03. The molecule has 2 rings (SSSR count). The minimum atomic E-state index is 0. The number of aromatic nitrogens is 1. The minimum absolute atomic E-state index is 0. The molecule has 1 heterocycles. The molecule has 24 heavy (non-hydrogen) atoms. The molecular weight excluding hydrogens is 419 g/mol. The molecule has 0 aliphatic heterocycles. The van der Waals surface area contributed by atoms with Crippen LogP contribution >= 0.6 is 24.0 Å². The molecule has 0 saturated carbocycles. The molecule has 1 aromatic heterocycles. The second-order valence-corrected chi connectivity index (χ2v) is 4.76. The van der Waals surface area contributed by atoms with Crippen molar-refractivity contribution in [1.82, 2.24) is 15.6 Å². The highest BCUT2D eigenvalue weighted by Gasteiger charge is 2.04. The van der Waals surface area contributed by atoms with Crippen LogP contribution in [0.25, 0.3) is 0 Å². The molecular formula is C17H23IN4O2. The van der Waals surface area contributed by atoms with Crippen LogP contribution in [0.15, 0.2) is 47.5 Å². The summed E-state index contributed by atoms with van der Waals surface area (Å²) in [5.41, 5.74) is 1.95. The zero-order valence-corrected chi connectivity index (χ0v) is 16.4. The molecule has 7 heteroatoms. The summed E-state index contributed by atoms with van der Waals surface area (Å²) in [7, 11) is 5.00. The van der Waals surface area contributed by atoms with Crippen LogP contribution < -0.4 is 20.1 Å². The number of hydrogen-bond acceptors (Lipinski definition) is 4. The third kappa shape index (κ3) is 5.88. The van der Waals surface area contributed by atoms with Crippen molar-refractivity contribution in [2.24, 2.45) is 4.99 Å². The maximum atomic E-state index is 5.34. The van der Waals surface area contributed by atoms with Crippen molar-refractivity contribution in [3.8, 4) is 11.6 Å². The predicted molar refractivity (Wildman–Crippen MR) is 106 cm³/mol. The fourth-order valence-electron chi connectivity index (χ4n) is 2.09. The summed E-state index contributed by atoms with van der Waals surface area (Å²) < 4.78 is 10.5. The van der Waals surface area contributed by atoms with Gasteiger partial charge < -0.3 is 20.1 Å². The number of nitrogens with zero attached hydrogens (tertiary/aromatic N) is 2. The zero-order chi connectivity index (χ0) is 16.5. The van der Waals surface area contributed by atoms with Gasteiger partial charge in [0.15, 0.2) is 5.96 Å². The number of guanidine groups is 1. The van der Waals surface area contributed by atoms with E-state index in [1.54, 1.807) is 21.3 Å².